The van der Waals surface area contributed by atoms with Crippen LogP contribution in [-0.2, 0) is 23.0 Å². The van der Waals surface area contributed by atoms with Gasteiger partial charge in [0.1, 0.15) is 0 Å². The van der Waals surface area contributed by atoms with Crippen molar-refractivity contribution in [3.05, 3.63) is 59.5 Å². The van der Waals surface area contributed by atoms with Crippen molar-refractivity contribution in [3.63, 3.8) is 0 Å². The van der Waals surface area contributed by atoms with Crippen molar-refractivity contribution in [1.82, 2.24) is 10.1 Å². The molecule has 2 heterocycles. The quantitative estimate of drug-likeness (QED) is 0.742. The minimum Gasteiger partial charge on any atom is -0.359 e. The van der Waals surface area contributed by atoms with Gasteiger partial charge in [-0.15, -0.1) is 0 Å². The Morgan fingerprint density at radius 1 is 1.22 bits per heavy atom. The number of nitrogens with zero attached hydrogens (tertiary/aromatic N) is 3. The molecule has 1 aliphatic heterocycles. The summed E-state index contributed by atoms with van der Waals surface area (Å²) in [6, 6.07) is 13.1. The van der Waals surface area contributed by atoms with Gasteiger partial charge in [-0.2, -0.15) is 4.98 Å². The highest BCUT2D eigenvalue weighted by Crippen LogP contribution is 2.34. The van der Waals surface area contributed by atoms with Gasteiger partial charge in [0, 0.05) is 17.3 Å². The van der Waals surface area contributed by atoms with Gasteiger partial charge in [-0.3, -0.25) is 0 Å². The third-order valence-electron chi connectivity index (χ3n) is 4.82. The summed E-state index contributed by atoms with van der Waals surface area (Å²) >= 11 is 0. The molecule has 0 unspecified atom stereocenters. The smallest absolute Gasteiger partial charge is 0.246 e. The standard InChI is InChI=1S/C19H20N4O3S/c1-12-3-5-14(6-4-12)19-21-18(26-22-19)11-23-13(2)9-15-10-16(27(20,24)25)7-8-17(15)23/h3-8,10,13H,9,11H2,1-2H3,(H2,20,24,25)/t13-/m0/s1. The molecule has 0 radical (unpaired) electrons. The van der Waals surface area contributed by atoms with Crippen molar-refractivity contribution in [1.29, 1.82) is 0 Å². The third kappa shape index (κ3) is 3.45. The van der Waals surface area contributed by atoms with Crippen LogP contribution in [0, 0.1) is 6.92 Å². The van der Waals surface area contributed by atoms with Gasteiger partial charge in [-0.1, -0.05) is 35.0 Å². The second-order valence-corrected chi connectivity index (χ2v) is 8.46. The fourth-order valence-corrected chi connectivity index (χ4v) is 3.94. The van der Waals surface area contributed by atoms with E-state index in [0.717, 1.165) is 23.2 Å². The number of anilines is 1. The minimum atomic E-state index is -3.71. The Kier molecular flexibility index (Phi) is 4.24. The van der Waals surface area contributed by atoms with Crippen molar-refractivity contribution >= 4 is 15.7 Å². The van der Waals surface area contributed by atoms with Gasteiger partial charge in [-0.25, -0.2) is 13.6 Å². The summed E-state index contributed by atoms with van der Waals surface area (Å²) < 4.78 is 28.6. The fraction of sp³-hybridized carbons (Fsp3) is 0.263. The van der Waals surface area contributed by atoms with E-state index in [1.54, 1.807) is 12.1 Å². The van der Waals surface area contributed by atoms with Gasteiger partial charge in [0.25, 0.3) is 0 Å². The Morgan fingerprint density at radius 2 is 1.96 bits per heavy atom. The van der Waals surface area contributed by atoms with E-state index in [1.165, 1.54) is 11.6 Å². The van der Waals surface area contributed by atoms with Crippen LogP contribution in [0.2, 0.25) is 0 Å². The summed E-state index contributed by atoms with van der Waals surface area (Å²) in [7, 11) is -3.71. The zero-order valence-corrected chi connectivity index (χ0v) is 15.9. The zero-order valence-electron chi connectivity index (χ0n) is 15.1. The number of fused-ring (bicyclic) bond motifs is 1. The van der Waals surface area contributed by atoms with Crippen LogP contribution >= 0.6 is 0 Å². The summed E-state index contributed by atoms with van der Waals surface area (Å²) in [5.74, 6) is 1.07. The molecule has 1 atom stereocenters. The first-order chi connectivity index (χ1) is 12.8. The number of nitrogens with two attached hydrogens (primary N) is 1. The molecule has 0 aliphatic carbocycles. The average molecular weight is 384 g/mol. The third-order valence-corrected chi connectivity index (χ3v) is 5.73. The molecule has 1 aromatic heterocycles. The lowest BCUT2D eigenvalue weighted by Gasteiger charge is -2.22. The lowest BCUT2D eigenvalue weighted by molar-refractivity contribution is 0.374. The topological polar surface area (TPSA) is 102 Å². The maximum Gasteiger partial charge on any atom is 0.246 e. The van der Waals surface area contributed by atoms with Gasteiger partial charge in [-0.05, 0) is 44.0 Å². The van der Waals surface area contributed by atoms with Gasteiger partial charge < -0.3 is 9.42 Å². The van der Waals surface area contributed by atoms with Crippen molar-refractivity contribution < 1.29 is 12.9 Å². The Bertz CT molecular complexity index is 1090. The summed E-state index contributed by atoms with van der Waals surface area (Å²) in [5.41, 5.74) is 3.99. The molecule has 3 aromatic rings. The largest absolute Gasteiger partial charge is 0.359 e. The van der Waals surface area contributed by atoms with E-state index < -0.39 is 10.0 Å². The van der Waals surface area contributed by atoms with Gasteiger partial charge >= 0.3 is 0 Å². The molecule has 1 aliphatic rings. The number of sulfonamides is 1. The monoisotopic (exact) mass is 384 g/mol. The molecule has 0 saturated carbocycles. The van der Waals surface area contributed by atoms with Crippen LogP contribution in [-0.4, -0.2) is 24.6 Å². The molecule has 7 nitrogen and oxygen atoms in total. The first-order valence-corrected chi connectivity index (χ1v) is 10.2. The molecule has 0 saturated heterocycles. The Morgan fingerprint density at radius 3 is 2.67 bits per heavy atom. The zero-order chi connectivity index (χ0) is 19.2. The molecule has 27 heavy (non-hydrogen) atoms. The first kappa shape index (κ1) is 17.7. The number of aryl methyl sites for hydroxylation is 1. The number of hydrogen-bond acceptors (Lipinski definition) is 6. The summed E-state index contributed by atoms with van der Waals surface area (Å²) in [6.07, 6.45) is 0.734. The van der Waals surface area contributed by atoms with Gasteiger partial charge in [0.15, 0.2) is 0 Å². The number of aromatic nitrogens is 2. The van der Waals surface area contributed by atoms with Crippen molar-refractivity contribution in [3.8, 4) is 11.4 Å². The number of hydrogen-bond donors (Lipinski definition) is 1. The highest BCUT2D eigenvalue weighted by Gasteiger charge is 2.28. The highest BCUT2D eigenvalue weighted by atomic mass is 32.2. The first-order valence-electron chi connectivity index (χ1n) is 8.63. The van der Waals surface area contributed by atoms with Gasteiger partial charge in [0.05, 0.1) is 11.4 Å². The molecule has 0 spiro atoms. The van der Waals surface area contributed by atoms with E-state index in [2.05, 4.69) is 22.0 Å². The lowest BCUT2D eigenvalue weighted by Crippen LogP contribution is -2.28. The SMILES string of the molecule is Cc1ccc(-c2noc(CN3c4ccc(S(N)(=O)=O)cc4C[C@@H]3C)n2)cc1. The predicted molar refractivity (Wildman–Crippen MR) is 102 cm³/mol. The van der Waals surface area contributed by atoms with E-state index in [4.69, 9.17) is 9.66 Å². The molecule has 2 aromatic carbocycles. The van der Waals surface area contributed by atoms with E-state index in [0.29, 0.717) is 18.3 Å². The summed E-state index contributed by atoms with van der Waals surface area (Å²) in [6.45, 7) is 4.56. The van der Waals surface area contributed by atoms with E-state index in [9.17, 15) is 8.42 Å². The highest BCUT2D eigenvalue weighted by molar-refractivity contribution is 7.89. The van der Waals surface area contributed by atoms with Crippen LogP contribution in [0.25, 0.3) is 11.4 Å². The molecule has 2 N–H and O–H groups in total. The maximum absolute atomic E-state index is 11.6. The Labute approximate surface area is 157 Å². The van der Waals surface area contributed by atoms with E-state index >= 15 is 0 Å². The number of rotatable bonds is 4. The summed E-state index contributed by atoms with van der Waals surface area (Å²) in [4.78, 5) is 6.77. The second kappa shape index (κ2) is 6.47. The van der Waals surface area contributed by atoms with Crippen molar-refractivity contribution in [2.24, 2.45) is 5.14 Å². The fourth-order valence-electron chi connectivity index (χ4n) is 3.37. The predicted octanol–water partition coefficient (Wildman–Crippen LogP) is 2.64. The molecule has 8 heteroatoms. The van der Waals surface area contributed by atoms with Crippen LogP contribution in [0.3, 0.4) is 0 Å². The normalized spacial score (nSPS) is 16.6. The molecular weight excluding hydrogens is 364 g/mol. The molecule has 0 bridgehead atoms. The van der Waals surface area contributed by atoms with Crippen LogP contribution in [0.5, 0.6) is 0 Å². The van der Waals surface area contributed by atoms with Crippen LogP contribution in [0.4, 0.5) is 5.69 Å². The number of benzene rings is 2. The van der Waals surface area contributed by atoms with Crippen LogP contribution in [0.15, 0.2) is 51.9 Å². The molecular formula is C19H20N4O3S. The van der Waals surface area contributed by atoms with Crippen molar-refractivity contribution in [2.75, 3.05) is 4.90 Å². The molecule has 4 rings (SSSR count). The molecule has 0 amide bonds. The van der Waals surface area contributed by atoms with Crippen molar-refractivity contribution in [2.45, 2.75) is 37.8 Å². The van der Waals surface area contributed by atoms with Gasteiger partial charge in [0.2, 0.25) is 21.7 Å². The maximum atomic E-state index is 11.6. The summed E-state index contributed by atoms with van der Waals surface area (Å²) in [5, 5.41) is 9.31. The van der Waals surface area contributed by atoms with Crippen LogP contribution < -0.4 is 10.0 Å². The lowest BCUT2D eigenvalue weighted by atomic mass is 10.1. The molecule has 0 fully saturated rings. The van der Waals surface area contributed by atoms with E-state index in [-0.39, 0.29) is 10.9 Å². The molecule has 140 valence electrons. The second-order valence-electron chi connectivity index (χ2n) is 6.89. The van der Waals surface area contributed by atoms with E-state index in [1.807, 2.05) is 31.2 Å². The van der Waals surface area contributed by atoms with Crippen LogP contribution in [0.1, 0.15) is 23.9 Å². The Hall–Kier alpha value is -2.71. The average Bonchev–Trinajstić information content (AvgIpc) is 3.20. The number of primary sulfonamides is 1. The minimum absolute atomic E-state index is 0.134. The Balaban J connectivity index is 1.58.